The number of nitrogens with zero attached hydrogens (tertiary/aromatic N) is 4. The first-order valence-electron chi connectivity index (χ1n) is 19.5. The summed E-state index contributed by atoms with van der Waals surface area (Å²) < 4.78 is 8.68. The Morgan fingerprint density at radius 2 is 0.948 bits per heavy atom. The van der Waals surface area contributed by atoms with E-state index in [-0.39, 0.29) is 0 Å². The Kier molecular flexibility index (Phi) is 7.16. The number of hydrogen-bond donors (Lipinski definition) is 0. The van der Waals surface area contributed by atoms with E-state index in [0.29, 0.717) is 17.5 Å². The van der Waals surface area contributed by atoms with Crippen LogP contribution in [0.5, 0.6) is 0 Å². The van der Waals surface area contributed by atoms with Crippen molar-refractivity contribution in [1.82, 2.24) is 19.5 Å². The van der Waals surface area contributed by atoms with E-state index in [4.69, 9.17) is 19.4 Å². The molecule has 0 spiro atoms. The van der Waals surface area contributed by atoms with Crippen LogP contribution in [-0.2, 0) is 0 Å². The number of fused-ring (bicyclic) bond motifs is 9. The summed E-state index contributed by atoms with van der Waals surface area (Å²) in [5.74, 6) is 1.81. The van der Waals surface area contributed by atoms with E-state index in [0.717, 1.165) is 60.8 Å². The van der Waals surface area contributed by atoms with Gasteiger partial charge in [-0.3, -0.25) is 0 Å². The summed E-state index contributed by atoms with van der Waals surface area (Å²) >= 11 is 0. The third-order valence-corrected chi connectivity index (χ3v) is 11.5. The molecule has 5 heteroatoms. The maximum absolute atomic E-state index is 6.30. The van der Waals surface area contributed by atoms with Gasteiger partial charge in [0.2, 0.25) is 0 Å². The summed E-state index contributed by atoms with van der Waals surface area (Å²) in [5, 5.41) is 9.33. The fourth-order valence-electron chi connectivity index (χ4n) is 8.77. The third-order valence-electron chi connectivity index (χ3n) is 11.5. The number of hydrogen-bond acceptors (Lipinski definition) is 4. The van der Waals surface area contributed by atoms with Gasteiger partial charge in [0.25, 0.3) is 0 Å². The number of benzene rings is 9. The second-order valence-corrected chi connectivity index (χ2v) is 14.8. The van der Waals surface area contributed by atoms with E-state index in [1.165, 1.54) is 38.0 Å². The molecule has 58 heavy (non-hydrogen) atoms. The molecule has 12 aromatic rings. The van der Waals surface area contributed by atoms with Gasteiger partial charge in [0.05, 0.1) is 11.0 Å². The van der Waals surface area contributed by atoms with Crippen LogP contribution in [0, 0.1) is 0 Å². The van der Waals surface area contributed by atoms with Crippen molar-refractivity contribution < 1.29 is 4.42 Å². The standard InChI is InChI=1S/C53H32N4O/c1-2-14-36-32-37(25-24-33(36)12-1)51-54-52(56-53(55-51)44-20-11-23-48-50(44)43-19-8-10-22-47(43)58-48)41-17-6-5-15-39(41)35-26-29-38(30-27-35)57-45-21-9-7-18-42(45)49-40-16-4-3-13-34(40)28-31-46(49)57/h1-32H. The first-order valence-corrected chi connectivity index (χ1v) is 19.5. The Morgan fingerprint density at radius 3 is 1.81 bits per heavy atom. The Hall–Kier alpha value is -7.89. The minimum Gasteiger partial charge on any atom is -0.456 e. The van der Waals surface area contributed by atoms with Crippen molar-refractivity contribution in [3.8, 4) is 51.0 Å². The molecule has 0 N–H and O–H groups in total. The van der Waals surface area contributed by atoms with Gasteiger partial charge in [-0.2, -0.15) is 0 Å². The lowest BCUT2D eigenvalue weighted by atomic mass is 9.98. The first kappa shape index (κ1) is 32.4. The number of para-hydroxylation sites is 2. The number of rotatable bonds is 5. The van der Waals surface area contributed by atoms with Gasteiger partial charge in [-0.15, -0.1) is 0 Å². The summed E-state index contributed by atoms with van der Waals surface area (Å²) in [6, 6.07) is 68.1. The second kappa shape index (κ2) is 12.8. The molecular weight excluding hydrogens is 709 g/mol. The average Bonchev–Trinajstić information content (AvgIpc) is 3.85. The zero-order valence-electron chi connectivity index (χ0n) is 31.2. The number of furan rings is 1. The van der Waals surface area contributed by atoms with Gasteiger partial charge in [-0.05, 0) is 75.1 Å². The van der Waals surface area contributed by atoms with Crippen molar-refractivity contribution in [2.45, 2.75) is 0 Å². The summed E-state index contributed by atoms with van der Waals surface area (Å²) in [7, 11) is 0. The van der Waals surface area contributed by atoms with Crippen LogP contribution in [0.15, 0.2) is 199 Å². The molecule has 0 saturated carbocycles. The van der Waals surface area contributed by atoms with E-state index in [9.17, 15) is 0 Å². The molecule has 0 atom stereocenters. The van der Waals surface area contributed by atoms with Crippen LogP contribution >= 0.6 is 0 Å². The molecule has 0 unspecified atom stereocenters. The highest BCUT2D eigenvalue weighted by Crippen LogP contribution is 2.40. The van der Waals surface area contributed by atoms with Crippen LogP contribution in [0.1, 0.15) is 0 Å². The van der Waals surface area contributed by atoms with Crippen molar-refractivity contribution in [3.63, 3.8) is 0 Å². The molecule has 0 radical (unpaired) electrons. The largest absolute Gasteiger partial charge is 0.456 e. The lowest BCUT2D eigenvalue weighted by molar-refractivity contribution is 0.669. The topological polar surface area (TPSA) is 56.7 Å². The molecule has 12 rings (SSSR count). The maximum Gasteiger partial charge on any atom is 0.164 e. The Morgan fingerprint density at radius 1 is 0.345 bits per heavy atom. The third kappa shape index (κ3) is 5.07. The van der Waals surface area contributed by atoms with Crippen LogP contribution < -0.4 is 0 Å². The second-order valence-electron chi connectivity index (χ2n) is 14.8. The van der Waals surface area contributed by atoms with E-state index in [2.05, 4.69) is 168 Å². The Labute approximate surface area is 333 Å². The molecule has 3 aromatic heterocycles. The first-order chi connectivity index (χ1) is 28.7. The fraction of sp³-hybridized carbons (Fsp3) is 0. The Bertz CT molecular complexity index is 3580. The highest BCUT2D eigenvalue weighted by atomic mass is 16.3. The quantitative estimate of drug-likeness (QED) is 0.176. The molecule has 0 aliphatic rings. The average molecular weight is 741 g/mol. The summed E-state index contributed by atoms with van der Waals surface area (Å²) in [6.45, 7) is 0. The predicted octanol–water partition coefficient (Wildman–Crippen LogP) is 13.8. The van der Waals surface area contributed by atoms with E-state index < -0.39 is 0 Å². The predicted molar refractivity (Wildman–Crippen MR) is 238 cm³/mol. The Balaban J connectivity index is 1.03. The molecular formula is C53H32N4O. The van der Waals surface area contributed by atoms with Gasteiger partial charge in [0.1, 0.15) is 11.2 Å². The summed E-state index contributed by atoms with van der Waals surface area (Å²) in [5.41, 5.74) is 9.95. The van der Waals surface area contributed by atoms with Gasteiger partial charge < -0.3 is 8.98 Å². The van der Waals surface area contributed by atoms with Crippen LogP contribution in [-0.4, -0.2) is 19.5 Å². The lowest BCUT2D eigenvalue weighted by Gasteiger charge is -2.14. The number of aromatic nitrogens is 4. The van der Waals surface area contributed by atoms with Crippen LogP contribution in [0.4, 0.5) is 0 Å². The van der Waals surface area contributed by atoms with E-state index in [1.807, 2.05) is 30.3 Å². The van der Waals surface area contributed by atoms with Crippen molar-refractivity contribution in [1.29, 1.82) is 0 Å². The van der Waals surface area contributed by atoms with Crippen LogP contribution in [0.25, 0.3) is 116 Å². The molecule has 0 amide bonds. The van der Waals surface area contributed by atoms with E-state index in [1.54, 1.807) is 0 Å². The highest BCUT2D eigenvalue weighted by Gasteiger charge is 2.20. The zero-order chi connectivity index (χ0) is 38.2. The van der Waals surface area contributed by atoms with Gasteiger partial charge >= 0.3 is 0 Å². The molecule has 0 fully saturated rings. The molecule has 9 aromatic carbocycles. The van der Waals surface area contributed by atoms with Crippen LogP contribution in [0.2, 0.25) is 0 Å². The molecule has 0 saturated heterocycles. The van der Waals surface area contributed by atoms with Gasteiger partial charge in [0.15, 0.2) is 17.5 Å². The van der Waals surface area contributed by atoms with Gasteiger partial charge in [-0.1, -0.05) is 152 Å². The van der Waals surface area contributed by atoms with Crippen LogP contribution in [0.3, 0.4) is 0 Å². The lowest BCUT2D eigenvalue weighted by Crippen LogP contribution is -2.01. The maximum atomic E-state index is 6.30. The van der Waals surface area contributed by atoms with Crippen molar-refractivity contribution >= 4 is 65.3 Å². The molecule has 3 heterocycles. The SMILES string of the molecule is c1ccc(-c2nc(-c3ccc4ccccc4c3)nc(-c3cccc4oc5ccccc5c34)n2)c(-c2ccc(-n3c4ccccc4c4c5ccccc5ccc43)cc2)c1. The van der Waals surface area contributed by atoms with Crippen molar-refractivity contribution in [2.75, 3.05) is 0 Å². The zero-order valence-corrected chi connectivity index (χ0v) is 31.2. The van der Waals surface area contributed by atoms with E-state index >= 15 is 0 Å². The summed E-state index contributed by atoms with van der Waals surface area (Å²) in [6.07, 6.45) is 0. The summed E-state index contributed by atoms with van der Waals surface area (Å²) in [4.78, 5) is 15.7. The minimum atomic E-state index is 0.592. The smallest absolute Gasteiger partial charge is 0.164 e. The molecule has 0 bridgehead atoms. The molecule has 0 aliphatic carbocycles. The van der Waals surface area contributed by atoms with Crippen molar-refractivity contribution in [2.24, 2.45) is 0 Å². The highest BCUT2D eigenvalue weighted by molar-refractivity contribution is 6.21. The van der Waals surface area contributed by atoms with Gasteiger partial charge in [-0.25, -0.2) is 15.0 Å². The normalized spacial score (nSPS) is 11.8. The monoisotopic (exact) mass is 740 g/mol. The van der Waals surface area contributed by atoms with Gasteiger partial charge in [0, 0.05) is 43.9 Å². The van der Waals surface area contributed by atoms with Crippen molar-refractivity contribution in [3.05, 3.63) is 194 Å². The minimum absolute atomic E-state index is 0.592. The fourth-order valence-corrected chi connectivity index (χ4v) is 8.77. The molecule has 5 nitrogen and oxygen atoms in total. The molecule has 0 aliphatic heterocycles. The molecule has 270 valence electrons.